The molecule has 0 radical (unpaired) electrons. The van der Waals surface area contributed by atoms with Crippen molar-refractivity contribution in [3.05, 3.63) is 33.8 Å². The van der Waals surface area contributed by atoms with E-state index >= 15 is 0 Å². The Kier molecular flexibility index (Phi) is 5.56. The number of hydrogen-bond acceptors (Lipinski definition) is 2. The highest BCUT2D eigenvalue weighted by atomic mass is 79.9. The Balaban J connectivity index is 0.00000144. The maximum absolute atomic E-state index is 8.86. The predicted molar refractivity (Wildman–Crippen MR) is 60.1 cm³/mol. The van der Waals surface area contributed by atoms with Gasteiger partial charge in [-0.25, -0.2) is 0 Å². The first-order chi connectivity index (χ1) is 5.66. The molecule has 0 aliphatic heterocycles. The van der Waals surface area contributed by atoms with Crippen molar-refractivity contribution in [3.63, 3.8) is 0 Å². The Morgan fingerprint density at radius 3 is 2.69 bits per heavy atom. The van der Waals surface area contributed by atoms with Crippen LogP contribution in [0.3, 0.4) is 0 Å². The van der Waals surface area contributed by atoms with Crippen molar-refractivity contribution < 1.29 is 5.11 Å². The molecule has 0 fully saturated rings. The minimum absolute atomic E-state index is 0. The average Bonchev–Trinajstić information content (AvgIpc) is 2.08. The summed E-state index contributed by atoms with van der Waals surface area (Å²) in [5, 5.41) is 8.86. The number of rotatable bonds is 2. The molecule has 0 aliphatic carbocycles. The number of halogens is 2. The molecule has 1 rings (SSSR count). The second-order valence-electron chi connectivity index (χ2n) is 2.74. The molecule has 74 valence electrons. The molecule has 2 nitrogen and oxygen atoms in total. The molecule has 0 amide bonds. The van der Waals surface area contributed by atoms with Gasteiger partial charge in [0.1, 0.15) is 0 Å². The Morgan fingerprint density at radius 1 is 1.54 bits per heavy atom. The fourth-order valence-corrected chi connectivity index (χ4v) is 1.51. The van der Waals surface area contributed by atoms with Crippen LogP contribution >= 0.6 is 28.3 Å². The Hall–Kier alpha value is -0.0900. The van der Waals surface area contributed by atoms with Crippen LogP contribution in [0, 0.1) is 6.92 Å². The van der Waals surface area contributed by atoms with Gasteiger partial charge in [0, 0.05) is 4.47 Å². The van der Waals surface area contributed by atoms with Gasteiger partial charge < -0.3 is 10.8 Å². The summed E-state index contributed by atoms with van der Waals surface area (Å²) in [6, 6.07) is 5.54. The van der Waals surface area contributed by atoms with Gasteiger partial charge in [0.2, 0.25) is 0 Å². The minimum atomic E-state index is -0.275. The zero-order valence-corrected chi connectivity index (χ0v) is 9.73. The molecule has 1 aromatic rings. The van der Waals surface area contributed by atoms with Crippen molar-refractivity contribution in [3.8, 4) is 0 Å². The number of benzene rings is 1. The first-order valence-corrected chi connectivity index (χ1v) is 4.57. The Morgan fingerprint density at radius 2 is 2.15 bits per heavy atom. The van der Waals surface area contributed by atoms with Crippen LogP contribution in [-0.4, -0.2) is 11.7 Å². The van der Waals surface area contributed by atoms with E-state index in [4.69, 9.17) is 10.8 Å². The summed E-state index contributed by atoms with van der Waals surface area (Å²) < 4.78 is 1.03. The van der Waals surface area contributed by atoms with E-state index in [0.29, 0.717) is 0 Å². The second kappa shape index (κ2) is 5.60. The molecule has 0 heterocycles. The van der Waals surface area contributed by atoms with E-state index in [1.165, 1.54) is 0 Å². The van der Waals surface area contributed by atoms with Gasteiger partial charge in [-0.05, 0) is 24.1 Å². The molecule has 0 aromatic heterocycles. The molecule has 1 aromatic carbocycles. The predicted octanol–water partition coefficient (Wildman–Crippen LogP) is 2.17. The SMILES string of the molecule is Cc1c(Br)cccc1[C@H](N)CO.Cl. The van der Waals surface area contributed by atoms with E-state index in [9.17, 15) is 0 Å². The van der Waals surface area contributed by atoms with E-state index in [1.807, 2.05) is 25.1 Å². The summed E-state index contributed by atoms with van der Waals surface area (Å²) in [6.07, 6.45) is 0. The van der Waals surface area contributed by atoms with Gasteiger partial charge in [0.25, 0.3) is 0 Å². The van der Waals surface area contributed by atoms with Crippen molar-refractivity contribution in [2.75, 3.05) is 6.61 Å². The third-order valence-electron chi connectivity index (χ3n) is 1.91. The number of aliphatic hydroxyl groups is 1. The lowest BCUT2D eigenvalue weighted by atomic mass is 10.0. The summed E-state index contributed by atoms with van der Waals surface area (Å²) in [4.78, 5) is 0. The van der Waals surface area contributed by atoms with Crippen LogP contribution in [0.1, 0.15) is 17.2 Å². The molecule has 0 aliphatic rings. The lowest BCUT2D eigenvalue weighted by Gasteiger charge is -2.12. The average molecular weight is 267 g/mol. The smallest absolute Gasteiger partial charge is 0.0624 e. The normalized spacial score (nSPS) is 12.0. The van der Waals surface area contributed by atoms with Crippen LogP contribution in [0.4, 0.5) is 0 Å². The molecule has 0 unspecified atom stereocenters. The standard InChI is InChI=1S/C9H12BrNO.ClH/c1-6-7(9(11)5-12)3-2-4-8(6)10;/h2-4,9,12H,5,11H2,1H3;1H/t9-;/m1./s1. The van der Waals surface area contributed by atoms with E-state index in [-0.39, 0.29) is 25.1 Å². The lowest BCUT2D eigenvalue weighted by Crippen LogP contribution is -2.15. The molecule has 3 N–H and O–H groups in total. The van der Waals surface area contributed by atoms with E-state index in [2.05, 4.69) is 15.9 Å². The van der Waals surface area contributed by atoms with Gasteiger partial charge >= 0.3 is 0 Å². The topological polar surface area (TPSA) is 46.2 Å². The third-order valence-corrected chi connectivity index (χ3v) is 2.76. The first-order valence-electron chi connectivity index (χ1n) is 3.78. The van der Waals surface area contributed by atoms with Gasteiger partial charge in [-0.1, -0.05) is 28.1 Å². The summed E-state index contributed by atoms with van der Waals surface area (Å²) in [5.41, 5.74) is 7.78. The highest BCUT2D eigenvalue weighted by Gasteiger charge is 2.08. The number of nitrogens with two attached hydrogens (primary N) is 1. The van der Waals surface area contributed by atoms with E-state index in [1.54, 1.807) is 0 Å². The zero-order chi connectivity index (χ0) is 9.14. The summed E-state index contributed by atoms with van der Waals surface area (Å²) in [6.45, 7) is 1.96. The zero-order valence-electron chi connectivity index (χ0n) is 7.33. The van der Waals surface area contributed by atoms with Crippen molar-refractivity contribution >= 4 is 28.3 Å². The van der Waals surface area contributed by atoms with Crippen LogP contribution in [0.2, 0.25) is 0 Å². The Labute approximate surface area is 92.7 Å². The molecular weight excluding hydrogens is 253 g/mol. The van der Waals surface area contributed by atoms with Crippen LogP contribution in [0.5, 0.6) is 0 Å². The van der Waals surface area contributed by atoms with Gasteiger partial charge in [-0.3, -0.25) is 0 Å². The highest BCUT2D eigenvalue weighted by molar-refractivity contribution is 9.10. The summed E-state index contributed by atoms with van der Waals surface area (Å²) in [5.74, 6) is 0. The van der Waals surface area contributed by atoms with E-state index in [0.717, 1.165) is 15.6 Å². The molecule has 13 heavy (non-hydrogen) atoms. The Bertz CT molecular complexity index is 280. The molecule has 1 atom stereocenters. The van der Waals surface area contributed by atoms with Crippen LogP contribution in [0.15, 0.2) is 22.7 Å². The number of aliphatic hydroxyl groups excluding tert-OH is 1. The second-order valence-corrected chi connectivity index (χ2v) is 3.60. The van der Waals surface area contributed by atoms with Crippen molar-refractivity contribution in [2.24, 2.45) is 5.73 Å². The van der Waals surface area contributed by atoms with Gasteiger partial charge in [-0.2, -0.15) is 0 Å². The maximum atomic E-state index is 8.86. The van der Waals surface area contributed by atoms with Crippen LogP contribution in [-0.2, 0) is 0 Å². The molecule has 0 spiro atoms. The lowest BCUT2D eigenvalue weighted by molar-refractivity contribution is 0.267. The molecule has 0 saturated heterocycles. The molecule has 0 saturated carbocycles. The van der Waals surface area contributed by atoms with Gasteiger partial charge in [0.05, 0.1) is 12.6 Å². The van der Waals surface area contributed by atoms with Crippen molar-refractivity contribution in [1.29, 1.82) is 0 Å². The third kappa shape index (κ3) is 2.95. The first kappa shape index (κ1) is 12.9. The highest BCUT2D eigenvalue weighted by Crippen LogP contribution is 2.22. The van der Waals surface area contributed by atoms with Gasteiger partial charge in [0.15, 0.2) is 0 Å². The van der Waals surface area contributed by atoms with E-state index < -0.39 is 0 Å². The molecule has 0 bridgehead atoms. The van der Waals surface area contributed by atoms with Crippen molar-refractivity contribution in [1.82, 2.24) is 0 Å². The quantitative estimate of drug-likeness (QED) is 0.862. The van der Waals surface area contributed by atoms with Crippen molar-refractivity contribution in [2.45, 2.75) is 13.0 Å². The summed E-state index contributed by atoms with van der Waals surface area (Å²) >= 11 is 3.41. The molecular formula is C9H13BrClNO. The minimum Gasteiger partial charge on any atom is -0.394 e. The van der Waals surface area contributed by atoms with Crippen LogP contribution < -0.4 is 5.73 Å². The maximum Gasteiger partial charge on any atom is 0.0624 e. The number of hydrogen-bond donors (Lipinski definition) is 2. The largest absolute Gasteiger partial charge is 0.394 e. The fourth-order valence-electron chi connectivity index (χ4n) is 1.12. The van der Waals surface area contributed by atoms with Gasteiger partial charge in [-0.15, -0.1) is 12.4 Å². The monoisotopic (exact) mass is 265 g/mol. The molecule has 4 heteroatoms. The van der Waals surface area contributed by atoms with Crippen LogP contribution in [0.25, 0.3) is 0 Å². The summed E-state index contributed by atoms with van der Waals surface area (Å²) in [7, 11) is 0. The fraction of sp³-hybridized carbons (Fsp3) is 0.333.